The number of esters is 1. The van der Waals surface area contributed by atoms with Crippen molar-refractivity contribution in [2.75, 3.05) is 20.8 Å². The number of methoxy groups -OCH3 is 2. The summed E-state index contributed by atoms with van der Waals surface area (Å²) in [6, 6.07) is 7.87. The molecule has 0 aromatic heterocycles. The average molecular weight is 248 g/mol. The number of fused-ring (bicyclic) bond motifs is 1. The van der Waals surface area contributed by atoms with Gasteiger partial charge in [0.1, 0.15) is 5.75 Å². The van der Waals surface area contributed by atoms with Crippen molar-refractivity contribution in [1.29, 1.82) is 0 Å². The van der Waals surface area contributed by atoms with Gasteiger partial charge in [-0.15, -0.1) is 0 Å². The van der Waals surface area contributed by atoms with E-state index in [9.17, 15) is 4.79 Å². The Morgan fingerprint density at radius 1 is 1.44 bits per heavy atom. The molecular weight excluding hydrogens is 232 g/mol. The molecule has 2 aliphatic heterocycles. The van der Waals surface area contributed by atoms with Crippen molar-refractivity contribution in [3.8, 4) is 5.75 Å². The van der Waals surface area contributed by atoms with E-state index < -0.39 is 0 Å². The quantitative estimate of drug-likeness (QED) is 0.761. The molecule has 0 N–H and O–H groups in total. The third kappa shape index (κ3) is 1.38. The first-order chi connectivity index (χ1) is 8.71. The molecule has 3 aliphatic rings. The van der Waals surface area contributed by atoms with Crippen LogP contribution in [0.4, 0.5) is 0 Å². The summed E-state index contributed by atoms with van der Waals surface area (Å²) >= 11 is 0. The molecule has 4 nitrogen and oxygen atoms in total. The highest BCUT2D eigenvalue weighted by Gasteiger charge is 2.65. The van der Waals surface area contributed by atoms with E-state index >= 15 is 0 Å². The number of rotatable bonds is 3. The molecule has 1 aromatic carbocycles. The second-order valence-corrected chi connectivity index (χ2v) is 4.94. The fourth-order valence-corrected chi connectivity index (χ4v) is 3.18. The molecule has 96 valence electrons. The molecule has 1 aromatic rings. The Bertz CT molecular complexity index is 480. The van der Waals surface area contributed by atoms with Crippen LogP contribution in [0.5, 0.6) is 5.75 Å². The van der Waals surface area contributed by atoms with Gasteiger partial charge in [-0.2, -0.15) is 0 Å². The number of ether oxygens (including phenoxy) is 3. The van der Waals surface area contributed by atoms with Gasteiger partial charge in [0.05, 0.1) is 32.8 Å². The van der Waals surface area contributed by atoms with Crippen molar-refractivity contribution in [3.05, 3.63) is 29.8 Å². The number of carbonyl (C=O) groups excluding carboxylic acids is 1. The normalized spacial score (nSPS) is 32.8. The van der Waals surface area contributed by atoms with Gasteiger partial charge in [-0.25, -0.2) is 0 Å². The van der Waals surface area contributed by atoms with Gasteiger partial charge in [0.15, 0.2) is 0 Å². The minimum atomic E-state index is -0.216. The fraction of sp³-hybridized carbons (Fsp3) is 0.500. The summed E-state index contributed by atoms with van der Waals surface area (Å²) in [5.41, 5.74) is 0.887. The molecule has 4 rings (SSSR count). The molecule has 4 heteroatoms. The second kappa shape index (κ2) is 3.99. The molecule has 2 saturated heterocycles. The summed E-state index contributed by atoms with van der Waals surface area (Å²) in [6.07, 6.45) is 0.906. The van der Waals surface area contributed by atoms with Crippen LogP contribution in [0.2, 0.25) is 0 Å². The van der Waals surface area contributed by atoms with E-state index in [1.165, 1.54) is 7.11 Å². The van der Waals surface area contributed by atoms with Crippen LogP contribution in [0.3, 0.4) is 0 Å². The Morgan fingerprint density at radius 2 is 2.28 bits per heavy atom. The maximum atomic E-state index is 11.9. The lowest BCUT2D eigenvalue weighted by atomic mass is 9.57. The van der Waals surface area contributed by atoms with Crippen LogP contribution in [-0.2, 0) is 19.7 Å². The molecule has 3 fully saturated rings. The van der Waals surface area contributed by atoms with Crippen molar-refractivity contribution in [2.45, 2.75) is 17.9 Å². The Labute approximate surface area is 106 Å². The first-order valence-electron chi connectivity index (χ1n) is 6.05. The zero-order chi connectivity index (χ0) is 12.8. The van der Waals surface area contributed by atoms with Gasteiger partial charge in [0.25, 0.3) is 0 Å². The van der Waals surface area contributed by atoms with Gasteiger partial charge >= 0.3 is 5.97 Å². The van der Waals surface area contributed by atoms with Crippen molar-refractivity contribution in [3.63, 3.8) is 0 Å². The van der Waals surface area contributed by atoms with E-state index in [0.717, 1.165) is 17.7 Å². The lowest BCUT2D eigenvalue weighted by Gasteiger charge is -2.43. The second-order valence-electron chi connectivity index (χ2n) is 4.94. The number of carbonyl (C=O) groups is 1. The van der Waals surface area contributed by atoms with Crippen molar-refractivity contribution in [2.24, 2.45) is 5.92 Å². The molecule has 1 saturated carbocycles. The Morgan fingerprint density at radius 3 is 2.94 bits per heavy atom. The third-order valence-corrected chi connectivity index (χ3v) is 4.19. The van der Waals surface area contributed by atoms with Gasteiger partial charge in [-0.05, 0) is 24.1 Å². The van der Waals surface area contributed by atoms with Gasteiger partial charge in [-0.1, -0.05) is 12.1 Å². The van der Waals surface area contributed by atoms with Crippen molar-refractivity contribution in [1.82, 2.24) is 0 Å². The van der Waals surface area contributed by atoms with Crippen LogP contribution in [0.15, 0.2) is 24.3 Å². The standard InChI is InChI=1S/C14H16O4/c1-16-10-5-3-4-9(6-10)14-7-11(18-8-14)12(14)13(15)17-2/h3-6,11-12H,7-8H2,1-2H3/t11-,12+,14-/m1/s1. The average Bonchev–Trinajstić information content (AvgIpc) is 2.98. The largest absolute Gasteiger partial charge is 0.497 e. The fourth-order valence-electron chi connectivity index (χ4n) is 3.18. The van der Waals surface area contributed by atoms with E-state index in [4.69, 9.17) is 14.2 Å². The van der Waals surface area contributed by atoms with Crippen molar-refractivity contribution < 1.29 is 19.0 Å². The van der Waals surface area contributed by atoms with Gasteiger partial charge < -0.3 is 14.2 Å². The minimum absolute atomic E-state index is 0.0173. The highest BCUT2D eigenvalue weighted by molar-refractivity contribution is 5.78. The lowest BCUT2D eigenvalue weighted by Crippen LogP contribution is -2.52. The predicted molar refractivity (Wildman–Crippen MR) is 64.5 cm³/mol. The maximum Gasteiger partial charge on any atom is 0.312 e. The van der Waals surface area contributed by atoms with E-state index in [1.807, 2.05) is 24.3 Å². The van der Waals surface area contributed by atoms with Crippen LogP contribution in [0, 0.1) is 5.92 Å². The zero-order valence-corrected chi connectivity index (χ0v) is 10.5. The highest BCUT2D eigenvalue weighted by atomic mass is 16.5. The molecule has 18 heavy (non-hydrogen) atoms. The van der Waals surface area contributed by atoms with E-state index in [-0.39, 0.29) is 23.4 Å². The van der Waals surface area contributed by atoms with Crippen molar-refractivity contribution >= 4 is 5.97 Å². The molecule has 0 amide bonds. The summed E-state index contributed by atoms with van der Waals surface area (Å²) in [5, 5.41) is 0. The summed E-state index contributed by atoms with van der Waals surface area (Å²) in [5.74, 6) is 0.460. The Balaban J connectivity index is 1.97. The molecule has 2 bridgehead atoms. The summed E-state index contributed by atoms with van der Waals surface area (Å²) in [7, 11) is 3.07. The van der Waals surface area contributed by atoms with Gasteiger partial charge in [-0.3, -0.25) is 4.79 Å². The molecule has 0 radical (unpaired) electrons. The number of benzene rings is 1. The summed E-state index contributed by atoms with van der Waals surface area (Å²) in [4.78, 5) is 11.9. The monoisotopic (exact) mass is 248 g/mol. The van der Waals surface area contributed by atoms with Crippen LogP contribution in [0.25, 0.3) is 0 Å². The third-order valence-electron chi connectivity index (χ3n) is 4.19. The van der Waals surface area contributed by atoms with Crippen LogP contribution in [-0.4, -0.2) is 32.9 Å². The molecule has 0 spiro atoms. The van der Waals surface area contributed by atoms with Crippen LogP contribution < -0.4 is 4.74 Å². The highest BCUT2D eigenvalue weighted by Crippen LogP contribution is 2.57. The Hall–Kier alpha value is -1.55. The lowest BCUT2D eigenvalue weighted by molar-refractivity contribution is -0.154. The molecular formula is C14H16O4. The SMILES string of the molecule is COC(=O)[C@@H]1[C@H]2C[C@]1(c1cccc(OC)c1)CO2. The molecule has 3 atom stereocenters. The van der Waals surface area contributed by atoms with Crippen LogP contribution in [0.1, 0.15) is 12.0 Å². The van der Waals surface area contributed by atoms with E-state index in [2.05, 4.69) is 0 Å². The molecule has 0 unspecified atom stereocenters. The summed E-state index contributed by atoms with van der Waals surface area (Å²) < 4.78 is 15.8. The maximum absolute atomic E-state index is 11.9. The topological polar surface area (TPSA) is 44.8 Å². The summed E-state index contributed by atoms with van der Waals surface area (Å²) in [6.45, 7) is 0.588. The van der Waals surface area contributed by atoms with E-state index in [0.29, 0.717) is 6.61 Å². The smallest absolute Gasteiger partial charge is 0.312 e. The predicted octanol–water partition coefficient (Wildman–Crippen LogP) is 1.52. The van der Waals surface area contributed by atoms with E-state index in [1.54, 1.807) is 7.11 Å². The van der Waals surface area contributed by atoms with Gasteiger partial charge in [0, 0.05) is 5.41 Å². The molecule has 2 heterocycles. The minimum Gasteiger partial charge on any atom is -0.497 e. The first-order valence-corrected chi connectivity index (χ1v) is 6.05. The number of hydrogen-bond donors (Lipinski definition) is 0. The Kier molecular flexibility index (Phi) is 2.55. The van der Waals surface area contributed by atoms with Crippen LogP contribution >= 0.6 is 0 Å². The first kappa shape index (κ1) is 11.5. The van der Waals surface area contributed by atoms with Gasteiger partial charge in [0.2, 0.25) is 0 Å². The number of hydrogen-bond acceptors (Lipinski definition) is 4. The zero-order valence-electron chi connectivity index (χ0n) is 10.5. The molecule has 1 aliphatic carbocycles.